The summed E-state index contributed by atoms with van der Waals surface area (Å²) in [7, 11) is 0. The fourth-order valence-corrected chi connectivity index (χ4v) is 2.21. The summed E-state index contributed by atoms with van der Waals surface area (Å²) in [6, 6.07) is 8.53. The van der Waals surface area contributed by atoms with Crippen LogP contribution < -0.4 is 5.73 Å². The van der Waals surface area contributed by atoms with Crippen LogP contribution in [0.5, 0.6) is 0 Å². The van der Waals surface area contributed by atoms with Gasteiger partial charge in [-0.2, -0.15) is 0 Å². The SMILES string of the molecule is Cc1ccc(/C=C/C=C/C(=O)N2CCC(N)CC2)cc1. The highest BCUT2D eigenvalue weighted by molar-refractivity contribution is 5.88. The van der Waals surface area contributed by atoms with Crippen molar-refractivity contribution in [1.82, 2.24) is 4.90 Å². The maximum absolute atomic E-state index is 11.9. The molecule has 1 amide bonds. The first kappa shape index (κ1) is 14.5. The molecule has 0 aliphatic carbocycles. The minimum absolute atomic E-state index is 0.0745. The zero-order valence-electron chi connectivity index (χ0n) is 12.0. The predicted octanol–water partition coefficient (Wildman–Crippen LogP) is 2.51. The van der Waals surface area contributed by atoms with Crippen LogP contribution in [-0.4, -0.2) is 29.9 Å². The van der Waals surface area contributed by atoms with Crippen LogP contribution in [0.2, 0.25) is 0 Å². The van der Waals surface area contributed by atoms with Gasteiger partial charge in [-0.15, -0.1) is 0 Å². The first-order valence-corrected chi connectivity index (χ1v) is 7.11. The molecule has 1 aromatic carbocycles. The van der Waals surface area contributed by atoms with Crippen LogP contribution >= 0.6 is 0 Å². The van der Waals surface area contributed by atoms with Crippen LogP contribution in [-0.2, 0) is 4.79 Å². The van der Waals surface area contributed by atoms with Gasteiger partial charge in [-0.25, -0.2) is 0 Å². The summed E-state index contributed by atoms with van der Waals surface area (Å²) in [5.74, 6) is 0.0745. The lowest BCUT2D eigenvalue weighted by Gasteiger charge is -2.29. The van der Waals surface area contributed by atoms with Gasteiger partial charge in [0.05, 0.1) is 0 Å². The first-order valence-electron chi connectivity index (χ1n) is 7.11. The summed E-state index contributed by atoms with van der Waals surface area (Å²) in [5.41, 5.74) is 8.21. The Balaban J connectivity index is 1.83. The van der Waals surface area contributed by atoms with Crippen molar-refractivity contribution in [2.75, 3.05) is 13.1 Å². The molecule has 0 aromatic heterocycles. The van der Waals surface area contributed by atoms with Crippen LogP contribution in [0.4, 0.5) is 0 Å². The van der Waals surface area contributed by atoms with Gasteiger partial charge in [-0.1, -0.05) is 48.1 Å². The lowest BCUT2D eigenvalue weighted by molar-refractivity contribution is -0.127. The van der Waals surface area contributed by atoms with Crippen molar-refractivity contribution < 1.29 is 4.79 Å². The summed E-state index contributed by atoms with van der Waals surface area (Å²) < 4.78 is 0. The van der Waals surface area contributed by atoms with Gasteiger partial charge in [0.1, 0.15) is 0 Å². The second kappa shape index (κ2) is 7.06. The Kier molecular flexibility index (Phi) is 5.13. The molecule has 106 valence electrons. The van der Waals surface area contributed by atoms with Crippen LogP contribution in [0.1, 0.15) is 24.0 Å². The molecule has 0 unspecified atom stereocenters. The second-order valence-electron chi connectivity index (χ2n) is 5.29. The van der Waals surface area contributed by atoms with E-state index in [1.807, 2.05) is 17.1 Å². The lowest BCUT2D eigenvalue weighted by Crippen LogP contribution is -2.42. The largest absolute Gasteiger partial charge is 0.339 e. The third-order valence-electron chi connectivity index (χ3n) is 3.57. The molecule has 2 rings (SSSR count). The monoisotopic (exact) mass is 270 g/mol. The number of likely N-dealkylation sites (tertiary alicyclic amines) is 1. The van der Waals surface area contributed by atoms with E-state index < -0.39 is 0 Å². The fraction of sp³-hybridized carbons (Fsp3) is 0.353. The Morgan fingerprint density at radius 1 is 1.20 bits per heavy atom. The number of amides is 1. The molecule has 0 atom stereocenters. The highest BCUT2D eigenvalue weighted by Gasteiger charge is 2.18. The van der Waals surface area contributed by atoms with Crippen molar-refractivity contribution in [2.24, 2.45) is 5.73 Å². The molecule has 0 saturated carbocycles. The number of carbonyl (C=O) groups is 1. The molecule has 1 aliphatic heterocycles. The second-order valence-corrected chi connectivity index (χ2v) is 5.29. The molecular formula is C17H22N2O. The van der Waals surface area contributed by atoms with E-state index in [9.17, 15) is 4.79 Å². The molecule has 1 aromatic rings. The molecule has 1 aliphatic rings. The molecule has 1 saturated heterocycles. The van der Waals surface area contributed by atoms with E-state index in [0.29, 0.717) is 0 Å². The quantitative estimate of drug-likeness (QED) is 0.677. The van der Waals surface area contributed by atoms with Gasteiger partial charge in [-0.05, 0) is 25.3 Å². The Hall–Kier alpha value is -1.87. The highest BCUT2D eigenvalue weighted by atomic mass is 16.2. The van der Waals surface area contributed by atoms with Gasteiger partial charge in [0.25, 0.3) is 0 Å². The van der Waals surface area contributed by atoms with E-state index in [1.54, 1.807) is 12.2 Å². The van der Waals surface area contributed by atoms with Crippen molar-refractivity contribution in [3.63, 3.8) is 0 Å². The smallest absolute Gasteiger partial charge is 0.246 e. The van der Waals surface area contributed by atoms with E-state index in [4.69, 9.17) is 5.73 Å². The molecule has 3 heteroatoms. The number of allylic oxidation sites excluding steroid dienone is 2. The summed E-state index contributed by atoms with van der Waals surface area (Å²) in [6.07, 6.45) is 9.13. The van der Waals surface area contributed by atoms with E-state index >= 15 is 0 Å². The molecule has 2 N–H and O–H groups in total. The van der Waals surface area contributed by atoms with E-state index in [-0.39, 0.29) is 11.9 Å². The predicted molar refractivity (Wildman–Crippen MR) is 83.1 cm³/mol. The van der Waals surface area contributed by atoms with Gasteiger partial charge in [0, 0.05) is 25.2 Å². The Bertz CT molecular complexity index is 494. The van der Waals surface area contributed by atoms with Gasteiger partial charge < -0.3 is 10.6 Å². The maximum Gasteiger partial charge on any atom is 0.246 e. The normalized spacial score (nSPS) is 17.2. The maximum atomic E-state index is 11.9. The topological polar surface area (TPSA) is 46.3 Å². The summed E-state index contributed by atoms with van der Waals surface area (Å²) in [4.78, 5) is 13.8. The molecular weight excluding hydrogens is 248 g/mol. The van der Waals surface area contributed by atoms with E-state index in [0.717, 1.165) is 31.5 Å². The number of nitrogens with two attached hydrogens (primary N) is 1. The van der Waals surface area contributed by atoms with Gasteiger partial charge in [-0.3, -0.25) is 4.79 Å². The van der Waals surface area contributed by atoms with Gasteiger partial charge in [0.2, 0.25) is 5.91 Å². The van der Waals surface area contributed by atoms with Crippen molar-refractivity contribution in [2.45, 2.75) is 25.8 Å². The number of carbonyl (C=O) groups excluding carboxylic acids is 1. The van der Waals surface area contributed by atoms with Crippen LogP contribution in [0.25, 0.3) is 6.08 Å². The van der Waals surface area contributed by atoms with Crippen LogP contribution in [0, 0.1) is 6.92 Å². The zero-order chi connectivity index (χ0) is 14.4. The molecule has 1 heterocycles. The molecule has 3 nitrogen and oxygen atoms in total. The molecule has 0 radical (unpaired) electrons. The zero-order valence-corrected chi connectivity index (χ0v) is 12.0. The Labute approximate surface area is 120 Å². The van der Waals surface area contributed by atoms with Gasteiger partial charge in [0.15, 0.2) is 0 Å². The third kappa shape index (κ3) is 4.35. The minimum Gasteiger partial charge on any atom is -0.339 e. The average Bonchev–Trinajstić information content (AvgIpc) is 2.46. The van der Waals surface area contributed by atoms with Crippen molar-refractivity contribution in [3.05, 3.63) is 53.6 Å². The van der Waals surface area contributed by atoms with E-state index in [1.165, 1.54) is 5.56 Å². The number of nitrogens with zero attached hydrogens (tertiary/aromatic N) is 1. The highest BCUT2D eigenvalue weighted by Crippen LogP contribution is 2.09. The third-order valence-corrected chi connectivity index (χ3v) is 3.57. The number of rotatable bonds is 3. The molecule has 1 fully saturated rings. The molecule has 0 bridgehead atoms. The van der Waals surface area contributed by atoms with Gasteiger partial charge >= 0.3 is 0 Å². The average molecular weight is 270 g/mol. The first-order chi connectivity index (χ1) is 9.65. The molecule has 0 spiro atoms. The summed E-state index contributed by atoms with van der Waals surface area (Å²) in [6.45, 7) is 3.61. The fourth-order valence-electron chi connectivity index (χ4n) is 2.21. The standard InChI is InChI=1S/C17H22N2O/c1-14-6-8-15(9-7-14)4-2-3-5-17(20)19-12-10-16(18)11-13-19/h2-9,16H,10-13,18H2,1H3/b4-2+,5-3+. The molecule has 20 heavy (non-hydrogen) atoms. The summed E-state index contributed by atoms with van der Waals surface area (Å²) >= 11 is 0. The van der Waals surface area contributed by atoms with Crippen LogP contribution in [0.3, 0.4) is 0 Å². The Morgan fingerprint density at radius 2 is 1.85 bits per heavy atom. The Morgan fingerprint density at radius 3 is 2.50 bits per heavy atom. The van der Waals surface area contributed by atoms with E-state index in [2.05, 4.69) is 31.2 Å². The van der Waals surface area contributed by atoms with Crippen molar-refractivity contribution in [3.8, 4) is 0 Å². The number of benzene rings is 1. The number of aryl methyl sites for hydroxylation is 1. The van der Waals surface area contributed by atoms with Crippen molar-refractivity contribution in [1.29, 1.82) is 0 Å². The number of piperidine rings is 1. The number of hydrogen-bond acceptors (Lipinski definition) is 2. The van der Waals surface area contributed by atoms with Crippen molar-refractivity contribution >= 4 is 12.0 Å². The number of hydrogen-bond donors (Lipinski definition) is 1. The lowest BCUT2D eigenvalue weighted by atomic mass is 10.1. The summed E-state index contributed by atoms with van der Waals surface area (Å²) in [5, 5.41) is 0. The minimum atomic E-state index is 0.0745. The van der Waals surface area contributed by atoms with Crippen LogP contribution in [0.15, 0.2) is 42.5 Å².